The summed E-state index contributed by atoms with van der Waals surface area (Å²) in [5.74, 6) is 0. The molecule has 0 saturated carbocycles. The van der Waals surface area contributed by atoms with Gasteiger partial charge in [-0.2, -0.15) is 0 Å². The van der Waals surface area contributed by atoms with Crippen LogP contribution in [0.4, 0.5) is 0 Å². The van der Waals surface area contributed by atoms with Crippen molar-refractivity contribution in [3.8, 4) is 0 Å². The zero-order valence-electron chi connectivity index (χ0n) is 3.29. The third kappa shape index (κ3) is 4.74. The SMILES string of the molecule is N=[C]N=C[N+](=O)[O-]. The Balaban J connectivity index is 3.46. The van der Waals surface area contributed by atoms with E-state index in [0.717, 1.165) is 0 Å². The number of hydrogen-bond acceptors (Lipinski definition) is 3. The Morgan fingerprint density at radius 3 is 2.71 bits per heavy atom. The van der Waals surface area contributed by atoms with Crippen molar-refractivity contribution in [2.75, 3.05) is 0 Å². The Morgan fingerprint density at radius 2 is 2.57 bits per heavy atom. The van der Waals surface area contributed by atoms with Crippen LogP contribution in [0.5, 0.6) is 0 Å². The lowest BCUT2D eigenvalue weighted by molar-refractivity contribution is -0.338. The molecular formula is C2H2N3O2. The van der Waals surface area contributed by atoms with Gasteiger partial charge in [-0.25, -0.2) is 0 Å². The molecule has 0 bridgehead atoms. The van der Waals surface area contributed by atoms with Gasteiger partial charge >= 0.3 is 12.7 Å². The molecular weight excluding hydrogens is 98.0 g/mol. The van der Waals surface area contributed by atoms with Crippen LogP contribution in [0.1, 0.15) is 0 Å². The van der Waals surface area contributed by atoms with E-state index in [9.17, 15) is 10.1 Å². The lowest BCUT2D eigenvalue weighted by Crippen LogP contribution is -1.91. The van der Waals surface area contributed by atoms with Gasteiger partial charge in [-0.05, 0) is 9.92 Å². The van der Waals surface area contributed by atoms with Gasteiger partial charge in [-0.15, -0.1) is 0 Å². The van der Waals surface area contributed by atoms with Gasteiger partial charge < -0.3 is 10.1 Å². The van der Waals surface area contributed by atoms with Crippen molar-refractivity contribution in [1.82, 2.24) is 0 Å². The van der Waals surface area contributed by atoms with Gasteiger partial charge in [0.15, 0.2) is 0 Å². The van der Waals surface area contributed by atoms with E-state index < -0.39 is 4.92 Å². The van der Waals surface area contributed by atoms with Gasteiger partial charge in [0.25, 0.3) is 0 Å². The molecule has 0 aromatic rings. The lowest BCUT2D eigenvalue weighted by Gasteiger charge is -1.73. The fourth-order valence-electron chi connectivity index (χ4n) is 0.0760. The Morgan fingerprint density at radius 1 is 2.00 bits per heavy atom. The van der Waals surface area contributed by atoms with Crippen LogP contribution in [0, 0.1) is 15.5 Å². The average molecular weight is 100 g/mol. The van der Waals surface area contributed by atoms with E-state index in [1.54, 1.807) is 0 Å². The molecule has 0 aromatic carbocycles. The summed E-state index contributed by atoms with van der Waals surface area (Å²) in [7, 11) is 0. The first kappa shape index (κ1) is 5.74. The van der Waals surface area contributed by atoms with E-state index in [0.29, 0.717) is 6.34 Å². The molecule has 37 valence electrons. The summed E-state index contributed by atoms with van der Waals surface area (Å²) >= 11 is 0. The number of nitro groups is 1. The summed E-state index contributed by atoms with van der Waals surface area (Å²) in [6.45, 7) is 0. The summed E-state index contributed by atoms with van der Waals surface area (Å²) < 4.78 is 0. The van der Waals surface area contributed by atoms with Crippen molar-refractivity contribution in [3.05, 3.63) is 10.1 Å². The normalized spacial score (nSPS) is 9.14. The van der Waals surface area contributed by atoms with Crippen LogP contribution < -0.4 is 0 Å². The highest BCUT2D eigenvalue weighted by Gasteiger charge is 1.77. The topological polar surface area (TPSA) is 79.3 Å². The first-order valence-corrected chi connectivity index (χ1v) is 1.36. The third-order valence-electron chi connectivity index (χ3n) is 0.217. The average Bonchev–Trinajstić information content (AvgIpc) is 1.61. The molecule has 0 fully saturated rings. The Hall–Kier alpha value is -1.26. The Kier molecular flexibility index (Phi) is 2.42. The monoisotopic (exact) mass is 100 g/mol. The quantitative estimate of drug-likeness (QED) is 0.225. The van der Waals surface area contributed by atoms with E-state index in [-0.39, 0.29) is 0 Å². The van der Waals surface area contributed by atoms with Gasteiger partial charge in [0.05, 0.1) is 0 Å². The molecule has 5 heteroatoms. The molecule has 0 amide bonds. The number of nitrogens with one attached hydrogen (secondary N) is 1. The molecule has 0 rings (SSSR count). The van der Waals surface area contributed by atoms with Crippen LogP contribution in [0.25, 0.3) is 0 Å². The molecule has 1 N–H and O–H groups in total. The molecule has 0 aromatic heterocycles. The molecule has 0 aliphatic carbocycles. The summed E-state index contributed by atoms with van der Waals surface area (Å²) in [5.41, 5.74) is 0. The molecule has 0 unspecified atom stereocenters. The second kappa shape index (κ2) is 2.95. The van der Waals surface area contributed by atoms with E-state index in [1.165, 1.54) is 6.34 Å². The summed E-state index contributed by atoms with van der Waals surface area (Å²) in [6.07, 6.45) is 1.87. The first-order valence-electron chi connectivity index (χ1n) is 1.36. The standard InChI is InChI=1S/C2H2N3O2/c3-1-4-2-5(6)7/h2-3H. The second-order valence-corrected chi connectivity index (χ2v) is 0.642. The first-order chi connectivity index (χ1) is 3.27. The molecule has 0 saturated heterocycles. The van der Waals surface area contributed by atoms with Crippen LogP contribution >= 0.6 is 0 Å². The molecule has 7 heavy (non-hydrogen) atoms. The largest absolute Gasteiger partial charge is 0.358 e. The summed E-state index contributed by atoms with van der Waals surface area (Å²) in [6, 6.07) is 0. The zero-order chi connectivity index (χ0) is 5.70. The fourth-order valence-corrected chi connectivity index (χ4v) is 0.0760. The maximum atomic E-state index is 9.29. The Bertz CT molecular complexity index is 108. The molecule has 0 spiro atoms. The maximum Gasteiger partial charge on any atom is 0.330 e. The minimum Gasteiger partial charge on any atom is -0.358 e. The van der Waals surface area contributed by atoms with Crippen molar-refractivity contribution < 1.29 is 4.92 Å². The summed E-state index contributed by atoms with van der Waals surface area (Å²) in [4.78, 5) is 11.3. The van der Waals surface area contributed by atoms with E-state index in [4.69, 9.17) is 5.41 Å². The molecule has 0 aliphatic rings. The minimum absolute atomic E-state index is 0.396. The number of nitrogens with zero attached hydrogens (tertiary/aromatic N) is 2. The highest BCUT2D eigenvalue weighted by atomic mass is 16.6. The molecule has 5 nitrogen and oxygen atoms in total. The van der Waals surface area contributed by atoms with Gasteiger partial charge in [0.2, 0.25) is 0 Å². The van der Waals surface area contributed by atoms with Crippen molar-refractivity contribution in [2.24, 2.45) is 4.99 Å². The van der Waals surface area contributed by atoms with E-state index in [2.05, 4.69) is 4.99 Å². The van der Waals surface area contributed by atoms with Crippen LogP contribution in [0.15, 0.2) is 4.99 Å². The summed E-state index contributed by atoms with van der Waals surface area (Å²) in [5, 5.41) is 15.3. The van der Waals surface area contributed by atoms with Crippen molar-refractivity contribution in [1.29, 1.82) is 5.41 Å². The lowest BCUT2D eigenvalue weighted by atomic mass is 11.2. The number of aliphatic imine (C=N–C) groups is 1. The van der Waals surface area contributed by atoms with Gasteiger partial charge in [0.1, 0.15) is 0 Å². The van der Waals surface area contributed by atoms with Crippen molar-refractivity contribution in [2.45, 2.75) is 0 Å². The van der Waals surface area contributed by atoms with E-state index >= 15 is 0 Å². The van der Waals surface area contributed by atoms with Gasteiger partial charge in [-0.1, -0.05) is 0 Å². The predicted octanol–water partition coefficient (Wildman–Crippen LogP) is -0.225. The van der Waals surface area contributed by atoms with Crippen LogP contribution in [-0.4, -0.2) is 17.6 Å². The van der Waals surface area contributed by atoms with Gasteiger partial charge in [0, 0.05) is 0 Å². The van der Waals surface area contributed by atoms with Crippen molar-refractivity contribution in [3.63, 3.8) is 0 Å². The molecule has 0 aliphatic heterocycles. The molecule has 0 heterocycles. The number of rotatable bonds is 2. The van der Waals surface area contributed by atoms with Crippen LogP contribution in [0.2, 0.25) is 0 Å². The maximum absolute atomic E-state index is 9.29. The predicted molar refractivity (Wildman–Crippen MR) is 23.2 cm³/mol. The smallest absolute Gasteiger partial charge is 0.330 e. The van der Waals surface area contributed by atoms with Crippen LogP contribution in [0.3, 0.4) is 0 Å². The van der Waals surface area contributed by atoms with Gasteiger partial charge in [-0.3, -0.25) is 5.41 Å². The third-order valence-corrected chi connectivity index (χ3v) is 0.217. The Labute approximate surface area is 39.3 Å². The van der Waals surface area contributed by atoms with E-state index in [1.807, 2.05) is 0 Å². The highest BCUT2D eigenvalue weighted by Crippen LogP contribution is 1.55. The zero-order valence-corrected chi connectivity index (χ0v) is 3.29. The fraction of sp³-hybridized carbons (Fsp3) is 0. The highest BCUT2D eigenvalue weighted by molar-refractivity contribution is 5.64. The van der Waals surface area contributed by atoms with Crippen LogP contribution in [-0.2, 0) is 0 Å². The second-order valence-electron chi connectivity index (χ2n) is 0.642. The minimum atomic E-state index is -0.762. The van der Waals surface area contributed by atoms with Crippen molar-refractivity contribution >= 4 is 12.7 Å². The molecule has 1 radical (unpaired) electrons. The number of hydrogen-bond donors (Lipinski definition) is 1. The molecule has 0 atom stereocenters.